The Morgan fingerprint density at radius 1 is 1.38 bits per heavy atom. The average molecular weight is 181 g/mol. The van der Waals surface area contributed by atoms with Gasteiger partial charge in [-0.05, 0) is 19.8 Å². The summed E-state index contributed by atoms with van der Waals surface area (Å²) in [5.41, 5.74) is 1.18. The molecule has 0 bridgehead atoms. The van der Waals surface area contributed by atoms with E-state index in [0.717, 1.165) is 19.0 Å². The summed E-state index contributed by atoms with van der Waals surface area (Å²) >= 11 is 0. The zero-order valence-corrected chi connectivity index (χ0v) is 7.99. The van der Waals surface area contributed by atoms with E-state index in [1.807, 2.05) is 6.92 Å². The van der Waals surface area contributed by atoms with Gasteiger partial charge in [-0.1, -0.05) is 0 Å². The number of rotatable bonds is 3. The average Bonchev–Trinajstić information content (AvgIpc) is 2.71. The highest BCUT2D eigenvalue weighted by atomic mass is 16.5. The summed E-state index contributed by atoms with van der Waals surface area (Å²) in [6.07, 6.45) is 2.56. The molecule has 0 radical (unpaired) electrons. The second kappa shape index (κ2) is 3.77. The quantitative estimate of drug-likeness (QED) is 0.665. The largest absolute Gasteiger partial charge is 0.476 e. The number of azo groups is 1. The van der Waals surface area contributed by atoms with Crippen molar-refractivity contribution < 1.29 is 4.74 Å². The lowest BCUT2D eigenvalue weighted by molar-refractivity contribution is 0.213. The standard InChI is InChI=1S/C9H15N3O/c1-2-13-9-8(7-10-11-9)12-5-3-4-6-12/h2-7H2,1H3. The third-order valence-corrected chi connectivity index (χ3v) is 2.40. The van der Waals surface area contributed by atoms with Crippen molar-refractivity contribution in [2.45, 2.75) is 19.8 Å². The van der Waals surface area contributed by atoms with Gasteiger partial charge in [-0.15, -0.1) is 5.11 Å². The number of hydrogen-bond acceptors (Lipinski definition) is 4. The molecule has 0 amide bonds. The maximum atomic E-state index is 5.41. The van der Waals surface area contributed by atoms with Crippen LogP contribution in [0, 0.1) is 0 Å². The monoisotopic (exact) mass is 181 g/mol. The molecule has 1 saturated heterocycles. The third kappa shape index (κ3) is 1.66. The van der Waals surface area contributed by atoms with E-state index in [9.17, 15) is 0 Å². The van der Waals surface area contributed by atoms with Crippen LogP contribution in [0.2, 0.25) is 0 Å². The Balaban J connectivity index is 2.07. The van der Waals surface area contributed by atoms with Crippen molar-refractivity contribution in [1.29, 1.82) is 0 Å². The highest BCUT2D eigenvalue weighted by Gasteiger charge is 2.22. The van der Waals surface area contributed by atoms with E-state index in [1.165, 1.54) is 18.5 Å². The second-order valence-corrected chi connectivity index (χ2v) is 3.28. The molecule has 13 heavy (non-hydrogen) atoms. The number of hydrogen-bond donors (Lipinski definition) is 0. The molecule has 4 heteroatoms. The van der Waals surface area contributed by atoms with Crippen LogP contribution in [0.4, 0.5) is 0 Å². The highest BCUT2D eigenvalue weighted by molar-refractivity contribution is 5.12. The van der Waals surface area contributed by atoms with Crippen LogP contribution < -0.4 is 0 Å². The Bertz CT molecular complexity index is 241. The smallest absolute Gasteiger partial charge is 0.254 e. The molecule has 2 aliphatic rings. The Morgan fingerprint density at radius 2 is 2.15 bits per heavy atom. The lowest BCUT2D eigenvalue weighted by Crippen LogP contribution is -2.21. The number of ether oxygens (including phenoxy) is 1. The minimum absolute atomic E-state index is 0.672. The fourth-order valence-corrected chi connectivity index (χ4v) is 1.76. The first-order chi connectivity index (χ1) is 6.42. The third-order valence-electron chi connectivity index (χ3n) is 2.40. The van der Waals surface area contributed by atoms with Gasteiger partial charge in [-0.3, -0.25) is 0 Å². The topological polar surface area (TPSA) is 37.2 Å². The summed E-state index contributed by atoms with van der Waals surface area (Å²) in [6, 6.07) is 0. The molecule has 2 rings (SSSR count). The van der Waals surface area contributed by atoms with Gasteiger partial charge in [0.15, 0.2) is 0 Å². The molecule has 72 valence electrons. The molecule has 2 aliphatic heterocycles. The predicted molar refractivity (Wildman–Crippen MR) is 49.2 cm³/mol. The van der Waals surface area contributed by atoms with Crippen molar-refractivity contribution in [2.24, 2.45) is 10.2 Å². The molecular formula is C9H15N3O. The van der Waals surface area contributed by atoms with Gasteiger partial charge in [0.1, 0.15) is 12.2 Å². The summed E-state index contributed by atoms with van der Waals surface area (Å²) < 4.78 is 5.41. The molecule has 0 aromatic heterocycles. The van der Waals surface area contributed by atoms with Gasteiger partial charge in [-0.25, -0.2) is 0 Å². The lowest BCUT2D eigenvalue weighted by Gasteiger charge is -2.18. The van der Waals surface area contributed by atoms with Crippen LogP contribution in [0.5, 0.6) is 0 Å². The van der Waals surface area contributed by atoms with Crippen molar-refractivity contribution >= 4 is 0 Å². The van der Waals surface area contributed by atoms with Crippen LogP contribution in [0.3, 0.4) is 0 Å². The molecule has 0 saturated carbocycles. The molecule has 0 aliphatic carbocycles. The molecule has 2 heterocycles. The van der Waals surface area contributed by atoms with Crippen molar-refractivity contribution in [3.8, 4) is 0 Å². The van der Waals surface area contributed by atoms with E-state index in [0.29, 0.717) is 13.2 Å². The van der Waals surface area contributed by atoms with Crippen molar-refractivity contribution in [3.63, 3.8) is 0 Å². The van der Waals surface area contributed by atoms with E-state index >= 15 is 0 Å². The number of likely N-dealkylation sites (tertiary alicyclic amines) is 1. The van der Waals surface area contributed by atoms with Gasteiger partial charge < -0.3 is 9.64 Å². The molecule has 4 nitrogen and oxygen atoms in total. The van der Waals surface area contributed by atoms with Gasteiger partial charge in [0.25, 0.3) is 5.88 Å². The van der Waals surface area contributed by atoms with Crippen LogP contribution in [0.15, 0.2) is 21.8 Å². The molecule has 0 N–H and O–H groups in total. The van der Waals surface area contributed by atoms with Crippen molar-refractivity contribution in [3.05, 3.63) is 11.6 Å². The van der Waals surface area contributed by atoms with E-state index in [4.69, 9.17) is 4.74 Å². The lowest BCUT2D eigenvalue weighted by atomic mass is 10.4. The van der Waals surface area contributed by atoms with Crippen LogP contribution in [-0.4, -0.2) is 31.1 Å². The van der Waals surface area contributed by atoms with E-state index in [-0.39, 0.29) is 0 Å². The summed E-state index contributed by atoms with van der Waals surface area (Å²) in [4.78, 5) is 2.34. The zero-order valence-electron chi connectivity index (χ0n) is 7.99. The van der Waals surface area contributed by atoms with E-state index in [2.05, 4.69) is 15.1 Å². The van der Waals surface area contributed by atoms with Crippen LogP contribution >= 0.6 is 0 Å². The fraction of sp³-hybridized carbons (Fsp3) is 0.778. The summed E-state index contributed by atoms with van der Waals surface area (Å²) in [6.45, 7) is 5.62. The van der Waals surface area contributed by atoms with Crippen molar-refractivity contribution in [2.75, 3.05) is 26.2 Å². The maximum Gasteiger partial charge on any atom is 0.254 e. The normalized spacial score (nSPS) is 21.8. The Kier molecular flexibility index (Phi) is 2.47. The van der Waals surface area contributed by atoms with Gasteiger partial charge >= 0.3 is 0 Å². The van der Waals surface area contributed by atoms with Gasteiger partial charge in [-0.2, -0.15) is 5.11 Å². The summed E-state index contributed by atoms with van der Waals surface area (Å²) in [5, 5.41) is 7.99. The van der Waals surface area contributed by atoms with E-state index in [1.54, 1.807) is 0 Å². The predicted octanol–water partition coefficient (Wildman–Crippen LogP) is 1.75. The van der Waals surface area contributed by atoms with Gasteiger partial charge in [0.2, 0.25) is 0 Å². The first-order valence-corrected chi connectivity index (χ1v) is 4.90. The first kappa shape index (κ1) is 8.53. The fourth-order valence-electron chi connectivity index (χ4n) is 1.76. The highest BCUT2D eigenvalue weighted by Crippen LogP contribution is 2.23. The van der Waals surface area contributed by atoms with Gasteiger partial charge in [0.05, 0.1) is 6.61 Å². The maximum absolute atomic E-state index is 5.41. The van der Waals surface area contributed by atoms with Gasteiger partial charge in [0, 0.05) is 13.1 Å². The molecular weight excluding hydrogens is 166 g/mol. The molecule has 0 unspecified atom stereocenters. The van der Waals surface area contributed by atoms with Crippen LogP contribution in [0.1, 0.15) is 19.8 Å². The zero-order chi connectivity index (χ0) is 9.10. The first-order valence-electron chi connectivity index (χ1n) is 4.90. The Hall–Kier alpha value is -1.06. The molecule has 0 spiro atoms. The second-order valence-electron chi connectivity index (χ2n) is 3.28. The van der Waals surface area contributed by atoms with Crippen LogP contribution in [-0.2, 0) is 4.74 Å². The molecule has 0 aromatic carbocycles. The minimum Gasteiger partial charge on any atom is -0.476 e. The molecule has 0 atom stereocenters. The van der Waals surface area contributed by atoms with Crippen LogP contribution in [0.25, 0.3) is 0 Å². The number of nitrogens with zero attached hydrogens (tertiary/aromatic N) is 3. The SMILES string of the molecule is CCOC1=C(N2CCCC2)CN=N1. The summed E-state index contributed by atoms with van der Waals surface area (Å²) in [7, 11) is 0. The Morgan fingerprint density at radius 3 is 2.85 bits per heavy atom. The van der Waals surface area contributed by atoms with Crippen molar-refractivity contribution in [1.82, 2.24) is 4.90 Å². The summed E-state index contributed by atoms with van der Waals surface area (Å²) in [5.74, 6) is 0.740. The molecule has 1 fully saturated rings. The van der Waals surface area contributed by atoms with E-state index < -0.39 is 0 Å². The minimum atomic E-state index is 0.672. The Labute approximate surface area is 78.3 Å². The molecule has 0 aromatic rings.